The number of rotatable bonds is 6. The number of pyridine rings is 1. The van der Waals surface area contributed by atoms with Crippen LogP contribution in [0.5, 0.6) is 0 Å². The number of anilines is 2. The van der Waals surface area contributed by atoms with Gasteiger partial charge in [0, 0.05) is 0 Å². The van der Waals surface area contributed by atoms with Crippen molar-refractivity contribution in [2.45, 2.75) is 0 Å². The summed E-state index contributed by atoms with van der Waals surface area (Å²) >= 11 is 0. The van der Waals surface area contributed by atoms with Gasteiger partial charge in [-0.3, -0.25) is 10.9 Å². The van der Waals surface area contributed by atoms with E-state index in [1.807, 2.05) is 78.9 Å². The fraction of sp³-hybridized carbons (Fsp3) is 0. The Hall–Kier alpha value is -2.38. The monoisotopic (exact) mass is 444 g/mol. The summed E-state index contributed by atoms with van der Waals surface area (Å²) in [5, 5.41) is 8.37. The molecule has 0 saturated heterocycles. The van der Waals surface area contributed by atoms with Crippen LogP contribution in [0.4, 0.5) is 11.4 Å². The third-order valence-corrected chi connectivity index (χ3v) is 3.12. The van der Waals surface area contributed by atoms with Crippen molar-refractivity contribution in [2.24, 2.45) is 10.2 Å². The molecule has 0 amide bonds. The summed E-state index contributed by atoms with van der Waals surface area (Å²) in [6.45, 7) is 0. The van der Waals surface area contributed by atoms with Gasteiger partial charge in [-0.2, -0.15) is 10.2 Å². The molecule has 0 bridgehead atoms. The van der Waals surface area contributed by atoms with Crippen LogP contribution in [0.2, 0.25) is 0 Å². The summed E-state index contributed by atoms with van der Waals surface area (Å²) in [5.41, 5.74) is 9.28. The molecule has 27 heavy (non-hydrogen) atoms. The van der Waals surface area contributed by atoms with Gasteiger partial charge in [-0.15, -0.1) is 0 Å². The quantitative estimate of drug-likeness (QED) is 0.341. The molecule has 0 aliphatic heterocycles. The third-order valence-electron chi connectivity index (χ3n) is 3.12. The van der Waals surface area contributed by atoms with Crippen molar-refractivity contribution in [3.63, 3.8) is 0 Å². The van der Waals surface area contributed by atoms with Crippen molar-refractivity contribution < 1.29 is 41.6 Å². The van der Waals surface area contributed by atoms with Crippen LogP contribution in [0.3, 0.4) is 0 Å². The Balaban J connectivity index is 0.00000225. The summed E-state index contributed by atoms with van der Waals surface area (Å²) in [6, 6.07) is 25.2. The van der Waals surface area contributed by atoms with Gasteiger partial charge in [-0.25, -0.2) is 4.98 Å². The standard InChI is InChI=1S/C19H17N5.2ClH.Co/c1-3-8-16(9-4-1)23-20-14-18-12-7-13-19(22-18)15-21-24-17-10-5-2-6-11-17;;;/h1-15,23-24H;2*1H;/q;;;+2/p-2. The number of nitrogens with zero attached hydrogens (tertiary/aromatic N) is 3. The maximum atomic E-state index is 4.46. The zero-order valence-electron chi connectivity index (χ0n) is 14.1. The Morgan fingerprint density at radius 1 is 0.593 bits per heavy atom. The Labute approximate surface area is 181 Å². The van der Waals surface area contributed by atoms with Gasteiger partial charge in [0.15, 0.2) is 0 Å². The maximum absolute atomic E-state index is 4.46. The molecule has 1 heterocycles. The summed E-state index contributed by atoms with van der Waals surface area (Å²) in [7, 11) is 0. The zero-order valence-corrected chi connectivity index (χ0v) is 16.6. The van der Waals surface area contributed by atoms with Gasteiger partial charge in [0.2, 0.25) is 0 Å². The molecule has 3 rings (SSSR count). The molecule has 3 aromatic rings. The average molecular weight is 445 g/mol. The topological polar surface area (TPSA) is 61.7 Å². The van der Waals surface area contributed by atoms with E-state index in [1.54, 1.807) is 12.4 Å². The molecule has 2 N–H and O–H groups in total. The molecule has 0 fully saturated rings. The largest absolute Gasteiger partial charge is 2.00 e. The molecule has 0 unspecified atom stereocenters. The van der Waals surface area contributed by atoms with Gasteiger partial charge < -0.3 is 24.8 Å². The van der Waals surface area contributed by atoms with Crippen LogP contribution in [0.15, 0.2) is 89.1 Å². The first-order valence-corrected chi connectivity index (χ1v) is 7.55. The van der Waals surface area contributed by atoms with Crippen molar-refractivity contribution in [1.82, 2.24) is 4.98 Å². The van der Waals surface area contributed by atoms with Crippen molar-refractivity contribution in [1.29, 1.82) is 0 Å². The first-order valence-electron chi connectivity index (χ1n) is 7.55. The number of halogens is 2. The molecule has 0 aliphatic carbocycles. The van der Waals surface area contributed by atoms with Crippen LogP contribution < -0.4 is 35.7 Å². The van der Waals surface area contributed by atoms with Crippen molar-refractivity contribution >= 4 is 23.8 Å². The summed E-state index contributed by atoms with van der Waals surface area (Å²) in [6.07, 6.45) is 3.35. The zero-order chi connectivity index (χ0) is 16.5. The average Bonchev–Trinajstić information content (AvgIpc) is 2.64. The van der Waals surface area contributed by atoms with Crippen LogP contribution in [0, 0.1) is 0 Å². The second kappa shape index (κ2) is 13.8. The van der Waals surface area contributed by atoms with Gasteiger partial charge >= 0.3 is 16.8 Å². The van der Waals surface area contributed by atoms with E-state index in [0.717, 1.165) is 22.8 Å². The van der Waals surface area contributed by atoms with E-state index >= 15 is 0 Å². The van der Waals surface area contributed by atoms with Crippen LogP contribution in [-0.4, -0.2) is 17.4 Å². The minimum Gasteiger partial charge on any atom is -1.00 e. The first-order chi connectivity index (χ1) is 11.9. The van der Waals surface area contributed by atoms with E-state index in [4.69, 9.17) is 0 Å². The smallest absolute Gasteiger partial charge is 1.00 e. The Morgan fingerprint density at radius 3 is 1.41 bits per heavy atom. The molecule has 0 aliphatic rings. The SMILES string of the molecule is C(=NNc1ccccc1)c1cccc(C=NNc2ccccc2)n1.[Cl-].[Cl-].[Co+2]. The maximum Gasteiger partial charge on any atom is 2.00 e. The number of benzene rings is 2. The summed E-state index contributed by atoms with van der Waals surface area (Å²) in [4.78, 5) is 4.46. The molecule has 0 spiro atoms. The summed E-state index contributed by atoms with van der Waals surface area (Å²) in [5.74, 6) is 0. The normalized spacial score (nSPS) is 9.78. The number of aromatic nitrogens is 1. The number of hydrogen-bond donors (Lipinski definition) is 2. The van der Waals surface area contributed by atoms with Crippen LogP contribution in [0.25, 0.3) is 0 Å². The van der Waals surface area contributed by atoms with E-state index in [2.05, 4.69) is 26.0 Å². The van der Waals surface area contributed by atoms with Crippen LogP contribution in [-0.2, 0) is 16.8 Å². The summed E-state index contributed by atoms with van der Waals surface area (Å²) < 4.78 is 0. The number of para-hydroxylation sites is 2. The van der Waals surface area contributed by atoms with E-state index in [1.165, 1.54) is 0 Å². The first kappa shape index (κ1) is 24.6. The van der Waals surface area contributed by atoms with Gasteiger partial charge in [-0.05, 0) is 36.4 Å². The fourth-order valence-corrected chi connectivity index (χ4v) is 1.98. The van der Waals surface area contributed by atoms with Crippen LogP contribution >= 0.6 is 0 Å². The molecule has 5 nitrogen and oxygen atoms in total. The molecule has 0 saturated carbocycles. The number of hydrogen-bond acceptors (Lipinski definition) is 5. The minimum absolute atomic E-state index is 0. The molecular weight excluding hydrogens is 428 g/mol. The molecule has 1 aromatic heterocycles. The van der Waals surface area contributed by atoms with E-state index < -0.39 is 0 Å². The van der Waals surface area contributed by atoms with Gasteiger partial charge in [-0.1, -0.05) is 42.5 Å². The number of hydrazone groups is 2. The van der Waals surface area contributed by atoms with Crippen molar-refractivity contribution in [2.75, 3.05) is 10.9 Å². The Kier molecular flexibility index (Phi) is 12.6. The Bertz CT molecular complexity index is 763. The second-order valence-corrected chi connectivity index (χ2v) is 4.96. The van der Waals surface area contributed by atoms with Gasteiger partial charge in [0.25, 0.3) is 0 Å². The molecule has 0 atom stereocenters. The predicted molar refractivity (Wildman–Crippen MR) is 99.6 cm³/mol. The van der Waals surface area contributed by atoms with E-state index in [-0.39, 0.29) is 41.6 Å². The number of nitrogens with one attached hydrogen (secondary N) is 2. The molecule has 2 aromatic carbocycles. The van der Waals surface area contributed by atoms with E-state index in [9.17, 15) is 0 Å². The molecular formula is C19H17Cl2CoN5. The van der Waals surface area contributed by atoms with Gasteiger partial charge in [0.05, 0.1) is 35.2 Å². The van der Waals surface area contributed by atoms with Crippen molar-refractivity contribution in [3.8, 4) is 0 Å². The van der Waals surface area contributed by atoms with E-state index in [0.29, 0.717) is 0 Å². The third kappa shape index (κ3) is 8.70. The molecule has 141 valence electrons. The molecule has 8 heteroatoms. The van der Waals surface area contributed by atoms with Crippen molar-refractivity contribution in [3.05, 3.63) is 90.3 Å². The van der Waals surface area contributed by atoms with Gasteiger partial charge in [0.1, 0.15) is 0 Å². The second-order valence-electron chi connectivity index (χ2n) is 4.96. The molecule has 1 radical (unpaired) electrons. The predicted octanol–water partition coefficient (Wildman–Crippen LogP) is -2.02. The Morgan fingerprint density at radius 2 is 1.00 bits per heavy atom. The van der Waals surface area contributed by atoms with Crippen LogP contribution in [0.1, 0.15) is 11.4 Å². The minimum atomic E-state index is 0. The fourth-order valence-electron chi connectivity index (χ4n) is 1.98.